The molecule has 0 bridgehead atoms. The summed E-state index contributed by atoms with van der Waals surface area (Å²) in [7, 11) is 0. The number of rotatable bonds is 7. The van der Waals surface area contributed by atoms with Crippen molar-refractivity contribution in [1.29, 1.82) is 0 Å². The van der Waals surface area contributed by atoms with E-state index in [1.807, 2.05) is 5.32 Å². The van der Waals surface area contributed by atoms with Crippen LogP contribution in [0.3, 0.4) is 0 Å². The molecule has 1 atom stereocenters. The van der Waals surface area contributed by atoms with Crippen molar-refractivity contribution in [3.05, 3.63) is 68.7 Å². The lowest BCUT2D eigenvalue weighted by atomic mass is 9.95. The van der Waals surface area contributed by atoms with E-state index in [0.717, 1.165) is 6.08 Å². The Morgan fingerprint density at radius 2 is 1.66 bits per heavy atom. The summed E-state index contributed by atoms with van der Waals surface area (Å²) in [6.45, 7) is 1.87. The molecule has 35 heavy (non-hydrogen) atoms. The molecule has 1 aliphatic rings. The van der Waals surface area contributed by atoms with E-state index in [9.17, 15) is 31.1 Å². The number of aryl methyl sites for hydroxylation is 1. The smallest absolute Gasteiger partial charge is 0.371 e. The minimum atomic E-state index is -4.59. The van der Waals surface area contributed by atoms with Crippen LogP contribution < -0.4 is 10.6 Å². The number of allylic oxidation sites excluding steroid dienone is 1. The number of benzene rings is 2. The Morgan fingerprint density at radius 3 is 2.14 bits per heavy atom. The Labute approximate surface area is 208 Å². The summed E-state index contributed by atoms with van der Waals surface area (Å²) in [5.41, 5.74) is 0.862. The third-order valence-corrected chi connectivity index (χ3v) is 6.54. The molecule has 3 rings (SSSR count). The first-order valence-electron chi connectivity index (χ1n) is 10.6. The van der Waals surface area contributed by atoms with E-state index in [1.165, 1.54) is 18.2 Å². The molecule has 2 N–H and O–H groups in total. The number of halogens is 8. The fraction of sp³-hybridized carbons (Fsp3) is 0.375. The average Bonchev–Trinajstić information content (AvgIpc) is 3.51. The summed E-state index contributed by atoms with van der Waals surface area (Å²) < 4.78 is 78.5. The number of alkyl halides is 6. The van der Waals surface area contributed by atoms with Crippen LogP contribution >= 0.6 is 23.2 Å². The van der Waals surface area contributed by atoms with Crippen LogP contribution in [-0.4, -0.2) is 30.3 Å². The van der Waals surface area contributed by atoms with Crippen molar-refractivity contribution < 1.29 is 31.1 Å². The van der Waals surface area contributed by atoms with Crippen LogP contribution in [0, 0.1) is 13.8 Å². The van der Waals surface area contributed by atoms with Crippen molar-refractivity contribution in [1.82, 2.24) is 5.32 Å². The maximum Gasteiger partial charge on any atom is 0.405 e. The predicted molar refractivity (Wildman–Crippen MR) is 125 cm³/mol. The monoisotopic (exact) mass is 538 g/mol. The molecular weight excluding hydrogens is 517 g/mol. The summed E-state index contributed by atoms with van der Waals surface area (Å²) in [5, 5.41) is 5.14. The second-order valence-corrected chi connectivity index (χ2v) is 9.38. The van der Waals surface area contributed by atoms with Crippen LogP contribution in [0.2, 0.25) is 10.0 Å². The Kier molecular flexibility index (Phi) is 7.72. The highest BCUT2D eigenvalue weighted by Crippen LogP contribution is 2.41. The molecule has 1 fully saturated rings. The highest BCUT2D eigenvalue weighted by molar-refractivity contribution is 6.36. The number of amides is 1. The van der Waals surface area contributed by atoms with Crippen LogP contribution in [-0.2, 0) is 4.79 Å². The third-order valence-electron chi connectivity index (χ3n) is 5.75. The minimum Gasteiger partial charge on any atom is -0.371 e. The zero-order chi connectivity index (χ0) is 26.2. The zero-order valence-electron chi connectivity index (χ0n) is 18.7. The van der Waals surface area contributed by atoms with Gasteiger partial charge in [-0.25, -0.2) is 0 Å². The van der Waals surface area contributed by atoms with Gasteiger partial charge in [0.15, 0.2) is 0 Å². The predicted octanol–water partition coefficient (Wildman–Crippen LogP) is 7.59. The first-order chi connectivity index (χ1) is 16.1. The van der Waals surface area contributed by atoms with Gasteiger partial charge < -0.3 is 10.6 Å². The zero-order valence-corrected chi connectivity index (χ0v) is 20.2. The maximum absolute atomic E-state index is 13.8. The number of carbonyl (C=O) groups is 1. The van der Waals surface area contributed by atoms with Gasteiger partial charge in [-0.3, -0.25) is 4.79 Å². The molecule has 1 amide bonds. The Morgan fingerprint density at radius 1 is 1.06 bits per heavy atom. The van der Waals surface area contributed by atoms with E-state index in [4.69, 9.17) is 23.2 Å². The van der Waals surface area contributed by atoms with Gasteiger partial charge >= 0.3 is 12.4 Å². The second-order valence-electron chi connectivity index (χ2n) is 8.57. The van der Waals surface area contributed by atoms with E-state index >= 15 is 0 Å². The molecule has 3 nitrogen and oxygen atoms in total. The van der Waals surface area contributed by atoms with Crippen LogP contribution in [0.5, 0.6) is 0 Å². The Bertz CT molecular complexity index is 1120. The first kappa shape index (κ1) is 27.2. The summed E-state index contributed by atoms with van der Waals surface area (Å²) in [4.78, 5) is 12.2. The number of hydrogen-bond donors (Lipinski definition) is 2. The molecule has 190 valence electrons. The van der Waals surface area contributed by atoms with Crippen molar-refractivity contribution >= 4 is 40.9 Å². The summed E-state index contributed by atoms with van der Waals surface area (Å²) in [6.07, 6.45) is -6.04. The van der Waals surface area contributed by atoms with Crippen LogP contribution in [0.15, 0.2) is 36.4 Å². The van der Waals surface area contributed by atoms with E-state index in [0.29, 0.717) is 35.2 Å². The van der Waals surface area contributed by atoms with E-state index in [-0.39, 0.29) is 15.6 Å². The molecule has 0 saturated heterocycles. The quantitative estimate of drug-likeness (QED) is 0.356. The lowest BCUT2D eigenvalue weighted by molar-refractivity contribution is -0.139. The van der Waals surface area contributed by atoms with Gasteiger partial charge in [0.2, 0.25) is 5.91 Å². The van der Waals surface area contributed by atoms with E-state index in [1.54, 1.807) is 32.0 Å². The first-order valence-corrected chi connectivity index (χ1v) is 11.3. The van der Waals surface area contributed by atoms with Crippen molar-refractivity contribution in [2.45, 2.75) is 50.5 Å². The Balaban J connectivity index is 1.77. The van der Waals surface area contributed by atoms with Crippen LogP contribution in [0.25, 0.3) is 6.08 Å². The topological polar surface area (TPSA) is 41.1 Å². The SMILES string of the molecule is Cc1cc(/C=C/C(c2cc(Cl)c(C)c(Cl)c2)C(F)(F)F)ccc1NC1(C(=O)NCC(F)(F)F)CC1. The van der Waals surface area contributed by atoms with E-state index < -0.39 is 36.3 Å². The number of carbonyl (C=O) groups excluding carboxylic acids is 1. The van der Waals surface area contributed by atoms with Crippen LogP contribution in [0.4, 0.5) is 32.0 Å². The average molecular weight is 539 g/mol. The summed E-state index contributed by atoms with van der Waals surface area (Å²) in [5.74, 6) is -2.69. The van der Waals surface area contributed by atoms with Gasteiger partial charge in [-0.2, -0.15) is 26.3 Å². The second kappa shape index (κ2) is 9.93. The molecule has 0 aromatic heterocycles. The molecule has 0 spiro atoms. The maximum atomic E-state index is 13.8. The van der Waals surface area contributed by atoms with E-state index in [2.05, 4.69) is 5.32 Å². The lowest BCUT2D eigenvalue weighted by Crippen LogP contribution is -2.45. The third kappa shape index (κ3) is 6.85. The largest absolute Gasteiger partial charge is 0.405 e. The van der Waals surface area contributed by atoms with Gasteiger partial charge in [-0.05, 0) is 73.2 Å². The number of anilines is 1. The molecule has 2 aromatic rings. The summed E-state index contributed by atoms with van der Waals surface area (Å²) >= 11 is 12.0. The lowest BCUT2D eigenvalue weighted by Gasteiger charge is -2.21. The number of nitrogens with one attached hydrogen (secondary N) is 2. The molecule has 1 aliphatic carbocycles. The number of hydrogen-bond acceptors (Lipinski definition) is 2. The highest BCUT2D eigenvalue weighted by atomic mass is 35.5. The normalized spacial score (nSPS) is 16.3. The fourth-order valence-corrected chi connectivity index (χ4v) is 4.04. The van der Waals surface area contributed by atoms with Gasteiger partial charge in [-0.15, -0.1) is 0 Å². The molecule has 1 unspecified atom stereocenters. The van der Waals surface area contributed by atoms with Crippen molar-refractivity contribution in [3.8, 4) is 0 Å². The highest BCUT2D eigenvalue weighted by Gasteiger charge is 2.50. The van der Waals surface area contributed by atoms with Crippen LogP contribution in [0.1, 0.15) is 41.0 Å². The van der Waals surface area contributed by atoms with Crippen molar-refractivity contribution in [2.75, 3.05) is 11.9 Å². The van der Waals surface area contributed by atoms with Crippen molar-refractivity contribution in [3.63, 3.8) is 0 Å². The van der Waals surface area contributed by atoms with Gasteiger partial charge in [0.25, 0.3) is 0 Å². The molecule has 1 saturated carbocycles. The molecule has 0 heterocycles. The van der Waals surface area contributed by atoms with Crippen molar-refractivity contribution in [2.24, 2.45) is 0 Å². The van der Waals surface area contributed by atoms with Gasteiger partial charge in [0.1, 0.15) is 12.1 Å². The molecule has 0 aliphatic heterocycles. The Hall–Kier alpha value is -2.39. The van der Waals surface area contributed by atoms with Gasteiger partial charge in [0.05, 0.1) is 5.92 Å². The summed E-state index contributed by atoms with van der Waals surface area (Å²) in [6, 6.07) is 7.22. The fourth-order valence-electron chi connectivity index (χ4n) is 3.53. The van der Waals surface area contributed by atoms with Gasteiger partial charge in [0, 0.05) is 15.7 Å². The molecule has 11 heteroatoms. The standard InChI is InChI=1S/C24H22Cl2F6N2O/c1-13-9-15(3-5-17(24(30,31)32)16-10-18(25)14(2)19(26)11-16)4-6-20(13)34-22(7-8-22)21(35)33-12-23(27,28)29/h3-6,9-11,17,34H,7-8,12H2,1-2H3,(H,33,35)/b5-3+. The van der Waals surface area contributed by atoms with Gasteiger partial charge in [-0.1, -0.05) is 41.4 Å². The molecule has 2 aromatic carbocycles. The molecule has 0 radical (unpaired) electrons. The minimum absolute atomic E-state index is 0.0927. The molecular formula is C24H22Cl2F6N2O.